The lowest BCUT2D eigenvalue weighted by Gasteiger charge is -2.13. The van der Waals surface area contributed by atoms with Gasteiger partial charge in [0.25, 0.3) is 5.91 Å². The van der Waals surface area contributed by atoms with Crippen LogP contribution >= 0.6 is 0 Å². The van der Waals surface area contributed by atoms with Gasteiger partial charge in [-0.05, 0) is 61.4 Å². The monoisotopic (exact) mass is 794 g/mol. The number of ether oxygens (including phenoxy) is 1. The average molecular weight is 795 g/mol. The van der Waals surface area contributed by atoms with Crippen LogP contribution in [-0.2, 0) is 40.3 Å². The Morgan fingerprint density at radius 3 is 1.57 bits per heavy atom. The van der Waals surface area contributed by atoms with Gasteiger partial charge in [-0.2, -0.15) is 0 Å². The molecule has 4 aliphatic heterocycles. The van der Waals surface area contributed by atoms with Crippen molar-refractivity contribution in [2.75, 3.05) is 7.11 Å². The van der Waals surface area contributed by atoms with Crippen LogP contribution in [0.15, 0.2) is 142 Å². The van der Waals surface area contributed by atoms with Crippen molar-refractivity contribution in [3.8, 4) is 0 Å². The molecule has 0 radical (unpaired) electrons. The minimum absolute atomic E-state index is 0.0847. The van der Waals surface area contributed by atoms with Crippen LogP contribution in [0.3, 0.4) is 0 Å². The van der Waals surface area contributed by atoms with Gasteiger partial charge >= 0.3 is 5.97 Å². The molecule has 0 saturated heterocycles. The standard InChI is InChI=1S/C23H19N5O.C16H12N4O2.C8H11N/c1-14(15-5-3-2-4-6-15)26-23(29)20-12-19-18(27-20)11-17-21(28-19)13-25-22(17)16-7-9-24-10-8-16;1-22-16(21)13-7-12-11(19-13)6-10-14(20-12)8-18-15(10)9-2-4-17-5-3-9;1-7(9)8-5-3-2-4-6-8/h2-11,14H,12-13H2,1H3,(H,26,29);2-6H,7-8H2,1H3;2-7H,9H2,1H3/t14-;;7-/m1.1/s1. The molecule has 0 spiro atoms. The van der Waals surface area contributed by atoms with E-state index < -0.39 is 5.97 Å². The lowest BCUT2D eigenvalue weighted by molar-refractivity contribution is -0.132. The van der Waals surface area contributed by atoms with Crippen molar-refractivity contribution in [2.24, 2.45) is 25.7 Å². The quantitative estimate of drug-likeness (QED) is 0.168. The van der Waals surface area contributed by atoms with Gasteiger partial charge in [-0.25, -0.2) is 14.8 Å². The first-order valence-electron chi connectivity index (χ1n) is 19.6. The van der Waals surface area contributed by atoms with Crippen molar-refractivity contribution in [3.63, 3.8) is 0 Å². The Morgan fingerprint density at radius 2 is 1.10 bits per heavy atom. The summed E-state index contributed by atoms with van der Waals surface area (Å²) >= 11 is 0. The van der Waals surface area contributed by atoms with Crippen molar-refractivity contribution in [1.29, 1.82) is 0 Å². The topological polar surface area (TPSA) is 182 Å². The van der Waals surface area contributed by atoms with Crippen molar-refractivity contribution in [1.82, 2.24) is 25.3 Å². The number of hydrogen-bond donors (Lipinski definition) is 2. The molecule has 13 nitrogen and oxygen atoms in total. The second kappa shape index (κ2) is 17.6. The summed E-state index contributed by atoms with van der Waals surface area (Å²) < 4.78 is 4.73. The highest BCUT2D eigenvalue weighted by molar-refractivity contribution is 6.41. The Morgan fingerprint density at radius 1 is 0.633 bits per heavy atom. The number of methoxy groups -OCH3 is 1. The number of esters is 1. The number of aromatic nitrogens is 4. The number of fused-ring (bicyclic) bond motifs is 4. The van der Waals surface area contributed by atoms with Gasteiger partial charge in [0.2, 0.25) is 0 Å². The Hall–Kier alpha value is -7.38. The molecular formula is C47H42N10O3. The van der Waals surface area contributed by atoms with E-state index in [0.29, 0.717) is 37.4 Å². The fraction of sp³-hybridized carbons (Fsp3) is 0.191. The Bertz CT molecular complexity index is 2680. The second-order valence-electron chi connectivity index (χ2n) is 14.5. The summed E-state index contributed by atoms with van der Waals surface area (Å²) in [6.45, 7) is 5.05. The van der Waals surface area contributed by atoms with Gasteiger partial charge in [-0.1, -0.05) is 60.7 Å². The molecule has 0 saturated carbocycles. The van der Waals surface area contributed by atoms with E-state index in [2.05, 4.69) is 40.2 Å². The maximum Gasteiger partial charge on any atom is 0.352 e. The number of carbonyl (C=O) groups excluding carboxylic acids is 2. The van der Waals surface area contributed by atoms with E-state index in [9.17, 15) is 9.59 Å². The molecule has 4 aromatic heterocycles. The molecule has 0 bridgehead atoms. The summed E-state index contributed by atoms with van der Waals surface area (Å²) in [6, 6.07) is 31.7. The molecule has 0 fully saturated rings. The molecule has 2 aromatic carbocycles. The first-order chi connectivity index (χ1) is 29.2. The summed E-state index contributed by atoms with van der Waals surface area (Å²) in [5.41, 5.74) is 19.5. The predicted octanol–water partition coefficient (Wildman–Crippen LogP) is 6.67. The van der Waals surface area contributed by atoms with Crippen molar-refractivity contribution >= 4 is 46.1 Å². The molecular weight excluding hydrogens is 753 g/mol. The summed E-state index contributed by atoms with van der Waals surface area (Å²) in [5, 5.41) is 3.04. The van der Waals surface area contributed by atoms with Gasteiger partial charge in [-0.15, -0.1) is 0 Å². The highest BCUT2D eigenvalue weighted by atomic mass is 16.5. The van der Waals surface area contributed by atoms with Gasteiger partial charge in [-0.3, -0.25) is 34.7 Å². The molecule has 298 valence electrons. The summed E-state index contributed by atoms with van der Waals surface area (Å²) in [6.07, 6.45) is 7.85. The largest absolute Gasteiger partial charge is 0.465 e. The Balaban J connectivity index is 0.000000141. The average Bonchev–Trinajstić information content (AvgIpc) is 4.11. The van der Waals surface area contributed by atoms with E-state index in [4.69, 9.17) is 15.5 Å². The number of aliphatic imine (C=N–C) groups is 4. The van der Waals surface area contributed by atoms with E-state index in [1.165, 1.54) is 12.7 Å². The molecule has 6 aromatic rings. The zero-order valence-electron chi connectivity index (χ0n) is 33.4. The summed E-state index contributed by atoms with van der Waals surface area (Å²) in [5.74, 6) is -0.552. The summed E-state index contributed by atoms with van der Waals surface area (Å²) in [4.78, 5) is 59.9. The van der Waals surface area contributed by atoms with Crippen molar-refractivity contribution in [3.05, 3.63) is 178 Å². The zero-order valence-corrected chi connectivity index (χ0v) is 33.4. The fourth-order valence-electron chi connectivity index (χ4n) is 7.18. The van der Waals surface area contributed by atoms with Crippen molar-refractivity contribution < 1.29 is 14.3 Å². The SMILES string of the molecule is COC(=O)C1=Nc2cc3c(nc2C1)CN=C3c1ccncc1.C[C@@H](N)c1ccccc1.C[C@@H](NC(=O)C1=Nc2cc3c(nc2C1)CN=C3c1ccncc1)c1ccccc1. The third-order valence-electron chi connectivity index (χ3n) is 10.3. The number of benzene rings is 2. The maximum absolute atomic E-state index is 12.7. The van der Waals surface area contributed by atoms with Crippen molar-refractivity contribution in [2.45, 2.75) is 51.9 Å². The van der Waals surface area contributed by atoms with Gasteiger partial charge < -0.3 is 15.8 Å². The number of nitrogens with one attached hydrogen (secondary N) is 1. The van der Waals surface area contributed by atoms with Crippen LogP contribution in [0.25, 0.3) is 0 Å². The number of amides is 1. The summed E-state index contributed by atoms with van der Waals surface area (Å²) in [7, 11) is 1.36. The first-order valence-corrected chi connectivity index (χ1v) is 19.6. The van der Waals surface area contributed by atoms with Gasteiger partial charge in [0.1, 0.15) is 11.4 Å². The fourth-order valence-corrected chi connectivity index (χ4v) is 7.18. The molecule has 13 heteroatoms. The lowest BCUT2D eigenvalue weighted by Crippen LogP contribution is -2.33. The number of nitrogens with two attached hydrogens (primary N) is 1. The van der Waals surface area contributed by atoms with E-state index >= 15 is 0 Å². The predicted molar refractivity (Wildman–Crippen MR) is 231 cm³/mol. The molecule has 0 aliphatic carbocycles. The molecule has 2 atom stereocenters. The van der Waals surface area contributed by atoms with Gasteiger partial charge in [0.05, 0.1) is 71.8 Å². The maximum atomic E-state index is 12.7. The third kappa shape index (κ3) is 8.57. The number of pyridine rings is 4. The van der Waals surface area contributed by atoms with Gasteiger partial charge in [0.15, 0.2) is 0 Å². The number of carbonyl (C=O) groups is 2. The van der Waals surface area contributed by atoms with Gasteiger partial charge in [0, 0.05) is 65.9 Å². The minimum Gasteiger partial charge on any atom is -0.465 e. The lowest BCUT2D eigenvalue weighted by atomic mass is 10.0. The molecule has 1 amide bonds. The van der Waals surface area contributed by atoms with Crippen LogP contribution in [0, 0.1) is 0 Å². The molecule has 60 heavy (non-hydrogen) atoms. The van der Waals surface area contributed by atoms with E-state index in [-0.39, 0.29) is 18.0 Å². The third-order valence-corrected chi connectivity index (χ3v) is 10.3. The van der Waals surface area contributed by atoms with Crippen LogP contribution in [0.4, 0.5) is 11.4 Å². The van der Waals surface area contributed by atoms with E-state index in [0.717, 1.165) is 73.4 Å². The van der Waals surface area contributed by atoms with Crippen LogP contribution in [-0.4, -0.2) is 61.8 Å². The Kier molecular flexibility index (Phi) is 11.6. The van der Waals surface area contributed by atoms with Crippen LogP contribution in [0.5, 0.6) is 0 Å². The van der Waals surface area contributed by atoms with Crippen LogP contribution < -0.4 is 11.1 Å². The normalized spacial score (nSPS) is 14.8. The van der Waals surface area contributed by atoms with E-state index in [1.807, 2.05) is 111 Å². The van der Waals surface area contributed by atoms with Crippen LogP contribution in [0.2, 0.25) is 0 Å². The molecule has 8 heterocycles. The highest BCUT2D eigenvalue weighted by Crippen LogP contribution is 2.33. The van der Waals surface area contributed by atoms with E-state index in [1.54, 1.807) is 24.8 Å². The zero-order chi connectivity index (χ0) is 41.6. The molecule has 3 N–H and O–H groups in total. The number of rotatable bonds is 7. The first kappa shape index (κ1) is 39.4. The molecule has 10 rings (SSSR count). The minimum atomic E-state index is -0.402. The second-order valence-corrected chi connectivity index (χ2v) is 14.5. The highest BCUT2D eigenvalue weighted by Gasteiger charge is 2.29. The van der Waals surface area contributed by atoms with Crippen LogP contribution in [0.1, 0.15) is 82.1 Å². The molecule has 0 unspecified atom stereocenters. The Labute approximate surface area is 347 Å². The molecule has 4 aliphatic rings. The smallest absolute Gasteiger partial charge is 0.352 e. The number of hydrogen-bond acceptors (Lipinski definition) is 12. The number of nitrogens with zero attached hydrogens (tertiary/aromatic N) is 8.